The molecule has 0 N–H and O–H groups in total. The van der Waals surface area contributed by atoms with Crippen molar-refractivity contribution in [3.63, 3.8) is 0 Å². The molecule has 0 atom stereocenters. The van der Waals surface area contributed by atoms with E-state index < -0.39 is 5.97 Å². The van der Waals surface area contributed by atoms with Gasteiger partial charge in [-0.2, -0.15) is 0 Å². The number of pyridine rings is 1. The van der Waals surface area contributed by atoms with Gasteiger partial charge in [0.25, 0.3) is 0 Å². The first kappa shape index (κ1) is 15.8. The van der Waals surface area contributed by atoms with Crippen LogP contribution in [0.4, 0.5) is 11.5 Å². The number of methoxy groups -OCH3 is 1. The van der Waals surface area contributed by atoms with Crippen LogP contribution >= 0.6 is 0 Å². The Balaban J connectivity index is 1.84. The number of carbonyl (C=O) groups excluding carboxylic acids is 1. The molecule has 0 aliphatic heterocycles. The zero-order valence-electron chi connectivity index (χ0n) is 13.9. The molecule has 7 heteroatoms. The molecule has 0 spiro atoms. The van der Waals surface area contributed by atoms with E-state index in [1.807, 2.05) is 34.9 Å². The van der Waals surface area contributed by atoms with E-state index in [-0.39, 0.29) is 0 Å². The minimum absolute atomic E-state index is 0.340. The first-order valence-electron chi connectivity index (χ1n) is 7.88. The summed E-state index contributed by atoms with van der Waals surface area (Å²) in [4.78, 5) is 16.5. The quantitative estimate of drug-likeness (QED) is 0.393. The van der Waals surface area contributed by atoms with Gasteiger partial charge in [-0.05, 0) is 36.4 Å². The Labute approximate surface area is 148 Å². The molecule has 0 saturated heterocycles. The van der Waals surface area contributed by atoms with E-state index in [1.54, 1.807) is 36.6 Å². The lowest BCUT2D eigenvalue weighted by Crippen LogP contribution is -2.00. The maximum Gasteiger partial charge on any atom is 0.340 e. The Morgan fingerprint density at radius 2 is 1.92 bits per heavy atom. The van der Waals surface area contributed by atoms with Crippen LogP contribution in [-0.4, -0.2) is 22.5 Å². The van der Waals surface area contributed by atoms with E-state index in [0.29, 0.717) is 34.2 Å². The van der Waals surface area contributed by atoms with Gasteiger partial charge >= 0.3 is 5.97 Å². The first-order valence-corrected chi connectivity index (χ1v) is 7.88. The summed E-state index contributed by atoms with van der Waals surface area (Å²) in [6.07, 6.45) is 3.42. The highest BCUT2D eigenvalue weighted by atomic mass is 16.5. The summed E-state index contributed by atoms with van der Waals surface area (Å²) in [5.74, 6) is 0.628. The summed E-state index contributed by atoms with van der Waals surface area (Å²) >= 11 is 0. The number of fused-ring (bicyclic) bond motifs is 1. The number of benzene rings is 1. The van der Waals surface area contributed by atoms with Gasteiger partial charge in [-0.3, -0.25) is 4.40 Å². The third-order valence-corrected chi connectivity index (χ3v) is 3.82. The Bertz CT molecular complexity index is 1100. The van der Waals surface area contributed by atoms with Crippen LogP contribution in [-0.2, 0) is 4.74 Å². The van der Waals surface area contributed by atoms with E-state index >= 15 is 0 Å². The number of furan rings is 1. The van der Waals surface area contributed by atoms with Crippen molar-refractivity contribution < 1.29 is 13.9 Å². The standard InChI is InChI=1S/C19H14N4O3/c1-25-19(24)13-7-2-3-8-14(13)21-22-18-17(15-9-6-12-26-15)20-16-10-4-5-11-23(16)18/h2-12H,1H3. The molecule has 26 heavy (non-hydrogen) atoms. The number of imidazole rings is 1. The molecule has 0 aliphatic rings. The van der Waals surface area contributed by atoms with Gasteiger partial charge in [-0.1, -0.05) is 18.2 Å². The second-order valence-electron chi connectivity index (χ2n) is 5.40. The zero-order valence-corrected chi connectivity index (χ0v) is 13.9. The number of aromatic nitrogens is 2. The normalized spacial score (nSPS) is 11.3. The summed E-state index contributed by atoms with van der Waals surface area (Å²) in [5.41, 5.74) is 2.04. The van der Waals surface area contributed by atoms with Crippen molar-refractivity contribution >= 4 is 23.1 Å². The third-order valence-electron chi connectivity index (χ3n) is 3.82. The fourth-order valence-electron chi connectivity index (χ4n) is 2.60. The van der Waals surface area contributed by atoms with Crippen molar-refractivity contribution in [2.45, 2.75) is 0 Å². The zero-order chi connectivity index (χ0) is 17.9. The van der Waals surface area contributed by atoms with Crippen LogP contribution in [0.25, 0.3) is 17.1 Å². The van der Waals surface area contributed by atoms with Gasteiger partial charge in [-0.15, -0.1) is 10.2 Å². The SMILES string of the molecule is COC(=O)c1ccccc1N=Nc1c(-c2ccco2)nc2ccccn12. The second kappa shape index (κ2) is 6.64. The van der Waals surface area contributed by atoms with Crippen LogP contribution in [0.3, 0.4) is 0 Å². The lowest BCUT2D eigenvalue weighted by atomic mass is 10.2. The molecule has 3 aromatic heterocycles. The molecule has 0 bridgehead atoms. The van der Waals surface area contributed by atoms with Crippen LogP contribution in [0, 0.1) is 0 Å². The topological polar surface area (TPSA) is 81.5 Å². The maximum absolute atomic E-state index is 11.9. The van der Waals surface area contributed by atoms with Crippen molar-refractivity contribution in [2.24, 2.45) is 10.2 Å². The maximum atomic E-state index is 11.9. The number of azo groups is 1. The lowest BCUT2D eigenvalue weighted by Gasteiger charge is -2.02. The molecule has 0 fully saturated rings. The molecule has 4 aromatic rings. The number of hydrogen-bond acceptors (Lipinski definition) is 6. The van der Waals surface area contributed by atoms with Gasteiger partial charge in [-0.25, -0.2) is 9.78 Å². The molecule has 0 unspecified atom stereocenters. The molecule has 1 aromatic carbocycles. The molecule has 0 saturated carbocycles. The van der Waals surface area contributed by atoms with Crippen molar-refractivity contribution in [1.82, 2.24) is 9.38 Å². The van der Waals surface area contributed by atoms with Gasteiger partial charge in [0.05, 0.1) is 18.9 Å². The smallest absolute Gasteiger partial charge is 0.340 e. The third kappa shape index (κ3) is 2.75. The lowest BCUT2D eigenvalue weighted by molar-refractivity contribution is 0.0601. The number of ether oxygens (including phenoxy) is 1. The molecule has 0 aliphatic carbocycles. The molecule has 0 amide bonds. The highest BCUT2D eigenvalue weighted by molar-refractivity contribution is 5.94. The van der Waals surface area contributed by atoms with E-state index in [2.05, 4.69) is 15.2 Å². The summed E-state index contributed by atoms with van der Waals surface area (Å²) in [5, 5.41) is 8.62. The Hall–Kier alpha value is -3.74. The van der Waals surface area contributed by atoms with Crippen LogP contribution < -0.4 is 0 Å². The van der Waals surface area contributed by atoms with Gasteiger partial charge in [0.1, 0.15) is 11.3 Å². The fourth-order valence-corrected chi connectivity index (χ4v) is 2.60. The highest BCUT2D eigenvalue weighted by Gasteiger charge is 2.16. The average molecular weight is 346 g/mol. The van der Waals surface area contributed by atoms with Gasteiger partial charge in [0.2, 0.25) is 0 Å². The summed E-state index contributed by atoms with van der Waals surface area (Å²) in [6.45, 7) is 0. The van der Waals surface area contributed by atoms with E-state index in [1.165, 1.54) is 7.11 Å². The number of carbonyl (C=O) groups is 1. The van der Waals surface area contributed by atoms with E-state index in [9.17, 15) is 4.79 Å². The van der Waals surface area contributed by atoms with Crippen LogP contribution in [0.1, 0.15) is 10.4 Å². The van der Waals surface area contributed by atoms with Crippen molar-refractivity contribution in [3.05, 3.63) is 72.6 Å². The number of hydrogen-bond donors (Lipinski definition) is 0. The first-order chi connectivity index (χ1) is 12.8. The Kier molecular flexibility index (Phi) is 4.03. The minimum Gasteiger partial charge on any atom is -0.465 e. The molecule has 3 heterocycles. The van der Waals surface area contributed by atoms with Gasteiger partial charge < -0.3 is 9.15 Å². The number of rotatable bonds is 4. The van der Waals surface area contributed by atoms with Crippen LogP contribution in [0.5, 0.6) is 0 Å². The highest BCUT2D eigenvalue weighted by Crippen LogP contribution is 2.33. The van der Waals surface area contributed by atoms with Crippen molar-refractivity contribution in [1.29, 1.82) is 0 Å². The fraction of sp³-hybridized carbons (Fsp3) is 0.0526. The molecular weight excluding hydrogens is 332 g/mol. The minimum atomic E-state index is -0.469. The molecule has 4 rings (SSSR count). The summed E-state index contributed by atoms with van der Waals surface area (Å²) in [7, 11) is 1.33. The van der Waals surface area contributed by atoms with Crippen LogP contribution in [0.2, 0.25) is 0 Å². The molecule has 128 valence electrons. The Morgan fingerprint density at radius 3 is 2.73 bits per heavy atom. The summed E-state index contributed by atoms with van der Waals surface area (Å²) in [6, 6.07) is 16.1. The monoisotopic (exact) mass is 346 g/mol. The average Bonchev–Trinajstić information content (AvgIpc) is 3.33. The predicted octanol–water partition coefficient (Wildman–Crippen LogP) is 4.80. The number of nitrogens with zero attached hydrogens (tertiary/aromatic N) is 4. The number of esters is 1. The predicted molar refractivity (Wildman–Crippen MR) is 94.9 cm³/mol. The van der Waals surface area contributed by atoms with E-state index in [4.69, 9.17) is 9.15 Å². The van der Waals surface area contributed by atoms with Crippen LogP contribution in [0.15, 0.2) is 81.7 Å². The van der Waals surface area contributed by atoms with Gasteiger partial charge in [0.15, 0.2) is 17.3 Å². The molecule has 7 nitrogen and oxygen atoms in total. The Morgan fingerprint density at radius 1 is 1.08 bits per heavy atom. The van der Waals surface area contributed by atoms with Gasteiger partial charge in [0, 0.05) is 6.20 Å². The summed E-state index contributed by atoms with van der Waals surface area (Å²) < 4.78 is 12.1. The van der Waals surface area contributed by atoms with Crippen molar-refractivity contribution in [2.75, 3.05) is 7.11 Å². The van der Waals surface area contributed by atoms with E-state index in [0.717, 1.165) is 0 Å². The largest absolute Gasteiger partial charge is 0.465 e. The molecule has 0 radical (unpaired) electrons. The van der Waals surface area contributed by atoms with Crippen molar-refractivity contribution in [3.8, 4) is 11.5 Å². The second-order valence-corrected chi connectivity index (χ2v) is 5.40. The molecular formula is C19H14N4O3.